The Morgan fingerprint density at radius 1 is 0.524 bits per heavy atom. The van der Waals surface area contributed by atoms with Crippen molar-refractivity contribution in [2.75, 3.05) is 6.61 Å². The molecule has 0 aliphatic rings. The Labute approximate surface area is 136 Å². The highest BCUT2D eigenvalue weighted by Crippen LogP contribution is 2.29. The van der Waals surface area contributed by atoms with E-state index in [9.17, 15) is 0 Å². The van der Waals surface area contributed by atoms with Crippen LogP contribution in [0, 0.1) is 0 Å². The minimum absolute atomic E-state index is 1.00. The van der Waals surface area contributed by atoms with Gasteiger partial charge in [-0.1, -0.05) is 91.9 Å². The van der Waals surface area contributed by atoms with Crippen LogP contribution < -0.4 is 0 Å². The van der Waals surface area contributed by atoms with Crippen LogP contribution in [0.1, 0.15) is 98.3 Å². The maximum atomic E-state index is 6.46. The summed E-state index contributed by atoms with van der Waals surface area (Å²) in [4.78, 5) is 0. The van der Waals surface area contributed by atoms with Crippen molar-refractivity contribution < 1.29 is 4.43 Å². The molecule has 0 aromatic heterocycles. The SMILES string of the molecule is CCCCCCCCCC[Si](CCC)(CCC)OCCC. The fourth-order valence-electron chi connectivity index (χ4n) is 3.40. The molecule has 0 N–H and O–H groups in total. The van der Waals surface area contributed by atoms with Crippen LogP contribution in [0.2, 0.25) is 18.1 Å². The zero-order valence-corrected chi connectivity index (χ0v) is 16.5. The molecule has 0 saturated carbocycles. The first kappa shape index (κ1) is 21.2. The van der Waals surface area contributed by atoms with Gasteiger partial charge in [-0.3, -0.25) is 0 Å². The lowest BCUT2D eigenvalue weighted by molar-refractivity contribution is 0.294. The van der Waals surface area contributed by atoms with E-state index >= 15 is 0 Å². The summed E-state index contributed by atoms with van der Waals surface area (Å²) in [5.41, 5.74) is 0. The maximum absolute atomic E-state index is 6.46. The van der Waals surface area contributed by atoms with Gasteiger partial charge in [-0.2, -0.15) is 0 Å². The summed E-state index contributed by atoms with van der Waals surface area (Å²) >= 11 is 0. The standard InChI is InChI=1S/C19H42OSi/c1-5-9-10-11-12-13-14-15-19-21(17-7-3,18-8-4)20-16-6-2/h5-19H2,1-4H3. The molecule has 0 aliphatic heterocycles. The van der Waals surface area contributed by atoms with Gasteiger partial charge in [0.1, 0.15) is 0 Å². The largest absolute Gasteiger partial charge is 0.417 e. The minimum atomic E-state index is -1.40. The fourth-order valence-corrected chi connectivity index (χ4v) is 7.94. The first-order chi connectivity index (χ1) is 10.2. The monoisotopic (exact) mass is 314 g/mol. The molecule has 0 aromatic rings. The number of hydrogen-bond donors (Lipinski definition) is 0. The van der Waals surface area contributed by atoms with Crippen molar-refractivity contribution in [3.05, 3.63) is 0 Å². The molecule has 0 spiro atoms. The third-order valence-electron chi connectivity index (χ3n) is 4.51. The molecule has 0 aliphatic carbocycles. The van der Waals surface area contributed by atoms with Gasteiger partial charge < -0.3 is 4.43 Å². The van der Waals surface area contributed by atoms with Gasteiger partial charge in [0.05, 0.1) is 0 Å². The summed E-state index contributed by atoms with van der Waals surface area (Å²) in [5.74, 6) is 0. The molecule has 0 heterocycles. The van der Waals surface area contributed by atoms with Gasteiger partial charge in [-0.15, -0.1) is 0 Å². The van der Waals surface area contributed by atoms with Crippen LogP contribution in [0.5, 0.6) is 0 Å². The highest BCUT2D eigenvalue weighted by molar-refractivity contribution is 6.73. The molecule has 0 fully saturated rings. The second-order valence-electron chi connectivity index (χ2n) is 6.76. The van der Waals surface area contributed by atoms with Crippen LogP contribution in [0.15, 0.2) is 0 Å². The van der Waals surface area contributed by atoms with Gasteiger partial charge in [0.2, 0.25) is 0 Å². The number of hydrogen-bond acceptors (Lipinski definition) is 1. The van der Waals surface area contributed by atoms with Crippen LogP contribution in [-0.4, -0.2) is 14.9 Å². The van der Waals surface area contributed by atoms with E-state index in [4.69, 9.17) is 4.43 Å². The Hall–Kier alpha value is 0.177. The molecule has 0 rings (SSSR count). The third kappa shape index (κ3) is 11.4. The molecule has 21 heavy (non-hydrogen) atoms. The molecule has 1 nitrogen and oxygen atoms in total. The van der Waals surface area contributed by atoms with Crippen LogP contribution in [0.25, 0.3) is 0 Å². The fraction of sp³-hybridized carbons (Fsp3) is 1.00. The Bertz CT molecular complexity index is 200. The molecule has 0 unspecified atom stereocenters. The summed E-state index contributed by atoms with van der Waals surface area (Å²) in [7, 11) is -1.40. The molecule has 128 valence electrons. The predicted octanol–water partition coefficient (Wildman–Crippen LogP) is 7.32. The van der Waals surface area contributed by atoms with Gasteiger partial charge in [0.15, 0.2) is 8.32 Å². The van der Waals surface area contributed by atoms with E-state index in [1.54, 1.807) is 0 Å². The second-order valence-corrected chi connectivity index (χ2v) is 10.9. The van der Waals surface area contributed by atoms with Crippen molar-refractivity contribution in [1.82, 2.24) is 0 Å². The van der Waals surface area contributed by atoms with Crippen LogP contribution in [-0.2, 0) is 4.43 Å². The highest BCUT2D eigenvalue weighted by Gasteiger charge is 2.32. The van der Waals surface area contributed by atoms with Crippen molar-refractivity contribution in [3.8, 4) is 0 Å². The minimum Gasteiger partial charge on any atom is -0.417 e. The summed E-state index contributed by atoms with van der Waals surface area (Å²) in [6, 6.07) is 4.19. The van der Waals surface area contributed by atoms with Crippen molar-refractivity contribution in [1.29, 1.82) is 0 Å². The zero-order valence-electron chi connectivity index (χ0n) is 15.5. The maximum Gasteiger partial charge on any atom is 0.192 e. The predicted molar refractivity (Wildman–Crippen MR) is 99.6 cm³/mol. The summed E-state index contributed by atoms with van der Waals surface area (Å²) in [5, 5.41) is 0. The Kier molecular flexibility index (Phi) is 15.2. The normalized spacial score (nSPS) is 12.0. The van der Waals surface area contributed by atoms with E-state index in [-0.39, 0.29) is 0 Å². The molecule has 0 bridgehead atoms. The quantitative estimate of drug-likeness (QED) is 0.214. The summed E-state index contributed by atoms with van der Waals surface area (Å²) in [6.07, 6.45) is 15.2. The van der Waals surface area contributed by atoms with Crippen molar-refractivity contribution in [3.63, 3.8) is 0 Å². The van der Waals surface area contributed by atoms with E-state index in [0.29, 0.717) is 0 Å². The number of unbranched alkanes of at least 4 members (excludes halogenated alkanes) is 7. The van der Waals surface area contributed by atoms with Gasteiger partial charge >= 0.3 is 0 Å². The van der Waals surface area contributed by atoms with Crippen LogP contribution >= 0.6 is 0 Å². The molecular formula is C19H42OSi. The molecule has 0 aromatic carbocycles. The zero-order chi connectivity index (χ0) is 15.8. The lowest BCUT2D eigenvalue weighted by Crippen LogP contribution is -2.38. The average molecular weight is 315 g/mol. The van der Waals surface area contributed by atoms with Crippen LogP contribution in [0.3, 0.4) is 0 Å². The molecule has 0 atom stereocenters. The highest BCUT2D eigenvalue weighted by atomic mass is 28.4. The van der Waals surface area contributed by atoms with E-state index in [0.717, 1.165) is 6.61 Å². The van der Waals surface area contributed by atoms with E-state index in [2.05, 4.69) is 27.7 Å². The lowest BCUT2D eigenvalue weighted by Gasteiger charge is -2.31. The van der Waals surface area contributed by atoms with Crippen molar-refractivity contribution in [2.45, 2.75) is 116 Å². The Balaban J connectivity index is 3.92. The third-order valence-corrected chi connectivity index (χ3v) is 9.41. The van der Waals surface area contributed by atoms with Crippen molar-refractivity contribution >= 4 is 8.32 Å². The van der Waals surface area contributed by atoms with Crippen LogP contribution in [0.4, 0.5) is 0 Å². The molecule has 0 saturated heterocycles. The van der Waals surface area contributed by atoms with Gasteiger partial charge in [-0.25, -0.2) is 0 Å². The number of rotatable bonds is 16. The summed E-state index contributed by atoms with van der Waals surface area (Å²) in [6.45, 7) is 10.2. The molecule has 0 radical (unpaired) electrons. The van der Waals surface area contributed by atoms with Gasteiger partial charge in [-0.05, 0) is 24.6 Å². The topological polar surface area (TPSA) is 9.23 Å². The average Bonchev–Trinajstić information content (AvgIpc) is 2.48. The first-order valence-electron chi connectivity index (χ1n) is 9.88. The van der Waals surface area contributed by atoms with Gasteiger partial charge in [0.25, 0.3) is 0 Å². The molecular weight excluding hydrogens is 272 g/mol. The molecule has 2 heteroatoms. The summed E-state index contributed by atoms with van der Waals surface area (Å²) < 4.78 is 6.46. The van der Waals surface area contributed by atoms with E-state index in [1.807, 2.05) is 0 Å². The molecule has 0 amide bonds. The Morgan fingerprint density at radius 2 is 1.05 bits per heavy atom. The van der Waals surface area contributed by atoms with Gasteiger partial charge in [0, 0.05) is 6.61 Å². The van der Waals surface area contributed by atoms with E-state index in [1.165, 1.54) is 88.8 Å². The second kappa shape index (κ2) is 15.1. The first-order valence-corrected chi connectivity index (χ1v) is 12.4. The van der Waals surface area contributed by atoms with Crippen molar-refractivity contribution in [2.24, 2.45) is 0 Å². The lowest BCUT2D eigenvalue weighted by atomic mass is 10.1. The Morgan fingerprint density at radius 3 is 1.52 bits per heavy atom. The smallest absolute Gasteiger partial charge is 0.192 e. The van der Waals surface area contributed by atoms with E-state index < -0.39 is 8.32 Å².